The van der Waals surface area contributed by atoms with E-state index in [1.165, 1.54) is 0 Å². The number of halogens is 2. The third-order valence-electron chi connectivity index (χ3n) is 3.07. The van der Waals surface area contributed by atoms with Crippen LogP contribution in [0.25, 0.3) is 11.0 Å². The summed E-state index contributed by atoms with van der Waals surface area (Å²) in [6, 6.07) is 2.73. The quantitative estimate of drug-likeness (QED) is 0.903. The summed E-state index contributed by atoms with van der Waals surface area (Å²) in [6.45, 7) is 8.61. The second kappa shape index (κ2) is 4.93. The molecule has 0 bridgehead atoms. The lowest BCUT2D eigenvalue weighted by Gasteiger charge is -2.19. The highest BCUT2D eigenvalue weighted by Crippen LogP contribution is 2.30. The van der Waals surface area contributed by atoms with E-state index >= 15 is 0 Å². The Morgan fingerprint density at radius 1 is 1.21 bits per heavy atom. The summed E-state index contributed by atoms with van der Waals surface area (Å²) < 4.78 is 32.5. The summed E-state index contributed by atoms with van der Waals surface area (Å²) in [6.07, 6.45) is 0.721. The van der Waals surface area contributed by atoms with Gasteiger partial charge in [0.25, 0.3) is 0 Å². The van der Waals surface area contributed by atoms with Gasteiger partial charge in [0.15, 0.2) is 11.4 Å². The number of hydrogen-bond acceptors (Lipinski definition) is 2. The lowest BCUT2D eigenvalue weighted by atomic mass is 10.1. The van der Waals surface area contributed by atoms with Crippen LogP contribution < -0.4 is 5.32 Å². The van der Waals surface area contributed by atoms with E-state index in [4.69, 9.17) is 4.42 Å². The van der Waals surface area contributed by atoms with Crippen LogP contribution in [-0.2, 0) is 13.0 Å². The number of fused-ring (bicyclic) bond motifs is 1. The van der Waals surface area contributed by atoms with Crippen LogP contribution in [0, 0.1) is 11.6 Å². The molecule has 0 spiro atoms. The standard InChI is InChI=1S/C15H19F2NO/c1-5-9-10-6-7-11(16)13(17)14(10)19-12(9)8-18-15(2,3)4/h6-7,18H,5,8H2,1-4H3. The molecular formula is C15H19F2NO. The molecular weight excluding hydrogens is 248 g/mol. The van der Waals surface area contributed by atoms with Crippen molar-refractivity contribution in [3.8, 4) is 0 Å². The first-order valence-corrected chi connectivity index (χ1v) is 6.46. The molecule has 0 saturated carbocycles. The summed E-state index contributed by atoms with van der Waals surface area (Å²) in [7, 11) is 0. The molecule has 1 N–H and O–H groups in total. The minimum Gasteiger partial charge on any atom is -0.456 e. The molecule has 1 heterocycles. The number of rotatable bonds is 3. The SMILES string of the molecule is CCc1c(CNC(C)(C)C)oc2c(F)c(F)ccc12. The molecule has 2 nitrogen and oxygen atoms in total. The van der Waals surface area contributed by atoms with Gasteiger partial charge >= 0.3 is 0 Å². The zero-order chi connectivity index (χ0) is 14.2. The molecule has 0 atom stereocenters. The van der Waals surface area contributed by atoms with Crippen LogP contribution in [0.3, 0.4) is 0 Å². The molecule has 0 aliphatic carbocycles. The molecule has 1 aromatic heterocycles. The number of hydrogen-bond donors (Lipinski definition) is 1. The van der Waals surface area contributed by atoms with Gasteiger partial charge in [-0.1, -0.05) is 6.92 Å². The van der Waals surface area contributed by atoms with Gasteiger partial charge in [-0.2, -0.15) is 4.39 Å². The second-order valence-corrected chi connectivity index (χ2v) is 5.70. The van der Waals surface area contributed by atoms with Crippen LogP contribution >= 0.6 is 0 Å². The Morgan fingerprint density at radius 3 is 2.47 bits per heavy atom. The zero-order valence-electron chi connectivity index (χ0n) is 11.7. The summed E-state index contributed by atoms with van der Waals surface area (Å²) in [5.74, 6) is -1.11. The smallest absolute Gasteiger partial charge is 0.201 e. The fourth-order valence-corrected chi connectivity index (χ4v) is 2.08. The van der Waals surface area contributed by atoms with Crippen molar-refractivity contribution >= 4 is 11.0 Å². The van der Waals surface area contributed by atoms with Gasteiger partial charge in [-0.15, -0.1) is 0 Å². The van der Waals surface area contributed by atoms with E-state index in [9.17, 15) is 8.78 Å². The molecule has 0 aliphatic heterocycles. The third kappa shape index (κ3) is 2.78. The lowest BCUT2D eigenvalue weighted by molar-refractivity contribution is 0.389. The normalized spacial score (nSPS) is 12.3. The maximum atomic E-state index is 13.7. The highest BCUT2D eigenvalue weighted by molar-refractivity contribution is 5.82. The average Bonchev–Trinajstić information content (AvgIpc) is 2.69. The molecule has 0 fully saturated rings. The van der Waals surface area contributed by atoms with Crippen molar-refractivity contribution in [2.75, 3.05) is 0 Å². The summed E-state index contributed by atoms with van der Waals surface area (Å²) in [5.41, 5.74) is 0.890. The monoisotopic (exact) mass is 267 g/mol. The Balaban J connectivity index is 2.47. The van der Waals surface area contributed by atoms with E-state index in [1.807, 2.05) is 27.7 Å². The number of nitrogens with one attached hydrogen (secondary N) is 1. The van der Waals surface area contributed by atoms with Crippen LogP contribution in [0.1, 0.15) is 39.0 Å². The van der Waals surface area contributed by atoms with Gasteiger partial charge in [0, 0.05) is 16.5 Å². The van der Waals surface area contributed by atoms with Gasteiger partial charge in [0.05, 0.1) is 6.54 Å². The second-order valence-electron chi connectivity index (χ2n) is 5.70. The van der Waals surface area contributed by atoms with Crippen molar-refractivity contribution in [1.29, 1.82) is 0 Å². The van der Waals surface area contributed by atoms with Crippen LogP contribution in [0.5, 0.6) is 0 Å². The Morgan fingerprint density at radius 2 is 1.89 bits per heavy atom. The summed E-state index contributed by atoms with van der Waals surface area (Å²) in [4.78, 5) is 0. The molecule has 0 aliphatic rings. The summed E-state index contributed by atoms with van der Waals surface area (Å²) in [5, 5.41) is 3.96. The van der Waals surface area contributed by atoms with Crippen molar-refractivity contribution in [1.82, 2.24) is 5.32 Å². The van der Waals surface area contributed by atoms with E-state index in [-0.39, 0.29) is 11.1 Å². The van der Waals surface area contributed by atoms with E-state index in [1.54, 1.807) is 6.07 Å². The average molecular weight is 267 g/mol. The van der Waals surface area contributed by atoms with E-state index in [0.29, 0.717) is 17.7 Å². The number of aryl methyl sites for hydroxylation is 1. The topological polar surface area (TPSA) is 25.2 Å². The molecule has 0 saturated heterocycles. The molecule has 0 amide bonds. The first kappa shape index (κ1) is 14.0. The van der Waals surface area contributed by atoms with Crippen molar-refractivity contribution < 1.29 is 13.2 Å². The molecule has 0 unspecified atom stereocenters. The maximum Gasteiger partial charge on any atom is 0.201 e. The maximum absolute atomic E-state index is 13.7. The van der Waals surface area contributed by atoms with Crippen molar-refractivity contribution in [3.63, 3.8) is 0 Å². The Kier molecular flexibility index (Phi) is 3.63. The van der Waals surface area contributed by atoms with E-state index < -0.39 is 11.6 Å². The van der Waals surface area contributed by atoms with Gasteiger partial charge in [-0.3, -0.25) is 0 Å². The molecule has 4 heteroatoms. The Hall–Kier alpha value is -1.42. The van der Waals surface area contributed by atoms with Crippen LogP contribution in [-0.4, -0.2) is 5.54 Å². The molecule has 104 valence electrons. The largest absolute Gasteiger partial charge is 0.456 e. The zero-order valence-corrected chi connectivity index (χ0v) is 11.7. The predicted molar refractivity (Wildman–Crippen MR) is 72.1 cm³/mol. The number of furan rings is 1. The van der Waals surface area contributed by atoms with Crippen LogP contribution in [0.2, 0.25) is 0 Å². The minimum absolute atomic E-state index is 0.0163. The van der Waals surface area contributed by atoms with Gasteiger partial charge in [0.1, 0.15) is 5.76 Å². The van der Waals surface area contributed by atoms with Gasteiger partial charge in [-0.05, 0) is 39.3 Å². The lowest BCUT2D eigenvalue weighted by Crippen LogP contribution is -2.35. The Bertz CT molecular complexity index is 596. The van der Waals surface area contributed by atoms with Crippen molar-refractivity contribution in [2.45, 2.75) is 46.2 Å². The predicted octanol–water partition coefficient (Wildman–Crippen LogP) is 4.16. The van der Waals surface area contributed by atoms with Crippen molar-refractivity contribution in [2.24, 2.45) is 0 Å². The number of benzene rings is 1. The fourth-order valence-electron chi connectivity index (χ4n) is 2.08. The molecule has 0 radical (unpaired) electrons. The fraction of sp³-hybridized carbons (Fsp3) is 0.467. The van der Waals surface area contributed by atoms with E-state index in [2.05, 4.69) is 5.32 Å². The molecule has 2 aromatic rings. The Labute approximate surface area is 111 Å². The first-order valence-electron chi connectivity index (χ1n) is 6.46. The summed E-state index contributed by atoms with van der Waals surface area (Å²) >= 11 is 0. The van der Waals surface area contributed by atoms with Gasteiger partial charge in [-0.25, -0.2) is 4.39 Å². The first-order chi connectivity index (χ1) is 8.83. The molecule has 1 aromatic carbocycles. The molecule has 19 heavy (non-hydrogen) atoms. The van der Waals surface area contributed by atoms with Crippen molar-refractivity contribution in [3.05, 3.63) is 35.1 Å². The van der Waals surface area contributed by atoms with Crippen LogP contribution in [0.15, 0.2) is 16.5 Å². The third-order valence-corrected chi connectivity index (χ3v) is 3.07. The highest BCUT2D eigenvalue weighted by Gasteiger charge is 2.19. The van der Waals surface area contributed by atoms with Crippen LogP contribution in [0.4, 0.5) is 8.78 Å². The minimum atomic E-state index is -0.908. The highest BCUT2D eigenvalue weighted by atomic mass is 19.2. The molecule has 2 rings (SSSR count). The van der Waals surface area contributed by atoms with E-state index in [0.717, 1.165) is 18.1 Å². The van der Waals surface area contributed by atoms with Gasteiger partial charge < -0.3 is 9.73 Å². The van der Waals surface area contributed by atoms with Gasteiger partial charge in [0.2, 0.25) is 5.82 Å².